The predicted octanol–water partition coefficient (Wildman–Crippen LogP) is 1.30. The third-order valence-electron chi connectivity index (χ3n) is 1.24. The largest absolute Gasteiger partial charge is 0.331 e. The summed E-state index contributed by atoms with van der Waals surface area (Å²) in [6.45, 7) is 2.92. The van der Waals surface area contributed by atoms with E-state index in [1.165, 1.54) is 18.3 Å². The van der Waals surface area contributed by atoms with Gasteiger partial charge in [-0.05, 0) is 6.92 Å². The zero-order valence-electron chi connectivity index (χ0n) is 7.64. The van der Waals surface area contributed by atoms with Gasteiger partial charge in [-0.15, -0.1) is 11.3 Å². The maximum atomic E-state index is 10.4. The van der Waals surface area contributed by atoms with E-state index >= 15 is 0 Å². The minimum Gasteiger partial charge on any atom is -0.318 e. The molecule has 0 atom stereocenters. The van der Waals surface area contributed by atoms with E-state index in [0.29, 0.717) is 16.4 Å². The fraction of sp³-hybridized carbons (Fsp3) is 0.250. The van der Waals surface area contributed by atoms with Crippen LogP contribution < -0.4 is 0 Å². The summed E-state index contributed by atoms with van der Waals surface area (Å²) in [5.74, 6) is -0.485. The lowest BCUT2D eigenvalue weighted by molar-refractivity contribution is -0.140. The molecule has 14 heavy (non-hydrogen) atoms. The number of thiazole rings is 1. The second-order valence-corrected chi connectivity index (χ2v) is 3.27. The molecule has 0 aliphatic rings. The molecule has 0 aliphatic carbocycles. The van der Waals surface area contributed by atoms with Gasteiger partial charge in [0, 0.05) is 12.3 Å². The van der Waals surface area contributed by atoms with E-state index in [-0.39, 0.29) is 0 Å². The minimum absolute atomic E-state index is 0.336. The maximum Gasteiger partial charge on any atom is 0.331 e. The Kier molecular flexibility index (Phi) is 3.31. The van der Waals surface area contributed by atoms with Gasteiger partial charge in [0.05, 0.1) is 0 Å². The zero-order chi connectivity index (χ0) is 10.6. The lowest BCUT2D eigenvalue weighted by atomic mass is 10.4. The van der Waals surface area contributed by atoms with Crippen molar-refractivity contribution in [2.24, 2.45) is 5.16 Å². The SMILES string of the molecule is CC(=O)O/N=C(\C)c1nc(C#N)cs1. The molecule has 0 saturated heterocycles. The topological polar surface area (TPSA) is 75.3 Å². The van der Waals surface area contributed by atoms with Crippen molar-refractivity contribution in [3.63, 3.8) is 0 Å². The lowest BCUT2D eigenvalue weighted by Gasteiger charge is -1.93. The summed E-state index contributed by atoms with van der Waals surface area (Å²) in [4.78, 5) is 18.8. The Morgan fingerprint density at radius 3 is 2.93 bits per heavy atom. The Morgan fingerprint density at radius 2 is 2.43 bits per heavy atom. The predicted molar refractivity (Wildman–Crippen MR) is 50.8 cm³/mol. The number of hydrogen-bond donors (Lipinski definition) is 0. The van der Waals surface area contributed by atoms with Crippen LogP contribution in [0.5, 0.6) is 0 Å². The molecule has 0 aliphatic heterocycles. The highest BCUT2D eigenvalue weighted by molar-refractivity contribution is 7.11. The first-order valence-corrected chi connectivity index (χ1v) is 4.59. The van der Waals surface area contributed by atoms with E-state index in [2.05, 4.69) is 15.0 Å². The molecule has 5 nitrogen and oxygen atoms in total. The summed E-state index contributed by atoms with van der Waals surface area (Å²) in [5.41, 5.74) is 0.814. The summed E-state index contributed by atoms with van der Waals surface area (Å²) < 4.78 is 0. The van der Waals surface area contributed by atoms with Crippen molar-refractivity contribution in [3.05, 3.63) is 16.1 Å². The molecular weight excluding hydrogens is 202 g/mol. The van der Waals surface area contributed by atoms with Gasteiger partial charge in [0.25, 0.3) is 0 Å². The Morgan fingerprint density at radius 1 is 1.71 bits per heavy atom. The van der Waals surface area contributed by atoms with Crippen molar-refractivity contribution in [2.75, 3.05) is 0 Å². The lowest BCUT2D eigenvalue weighted by Crippen LogP contribution is -1.98. The molecule has 0 unspecified atom stereocenters. The number of carbonyl (C=O) groups excluding carboxylic acids is 1. The molecule has 0 fully saturated rings. The molecule has 0 bridgehead atoms. The Bertz CT molecular complexity index is 416. The fourth-order valence-electron chi connectivity index (χ4n) is 0.663. The van der Waals surface area contributed by atoms with Crippen molar-refractivity contribution in [3.8, 4) is 6.07 Å². The smallest absolute Gasteiger partial charge is 0.318 e. The number of nitriles is 1. The van der Waals surface area contributed by atoms with Gasteiger partial charge in [0.2, 0.25) is 0 Å². The summed E-state index contributed by atoms with van der Waals surface area (Å²) in [6, 6.07) is 1.90. The van der Waals surface area contributed by atoms with E-state index in [4.69, 9.17) is 5.26 Å². The van der Waals surface area contributed by atoms with Gasteiger partial charge in [-0.25, -0.2) is 9.78 Å². The highest BCUT2D eigenvalue weighted by atomic mass is 32.1. The van der Waals surface area contributed by atoms with Crippen molar-refractivity contribution in [1.29, 1.82) is 5.26 Å². The second kappa shape index (κ2) is 4.48. The van der Waals surface area contributed by atoms with Gasteiger partial charge in [0.1, 0.15) is 16.8 Å². The highest BCUT2D eigenvalue weighted by Crippen LogP contribution is 2.10. The number of aromatic nitrogens is 1. The number of oxime groups is 1. The van der Waals surface area contributed by atoms with Crippen molar-refractivity contribution in [2.45, 2.75) is 13.8 Å². The van der Waals surface area contributed by atoms with Crippen LogP contribution in [0.4, 0.5) is 0 Å². The number of hydrogen-bond acceptors (Lipinski definition) is 6. The molecule has 1 aromatic rings. The van der Waals surface area contributed by atoms with E-state index in [0.717, 1.165) is 0 Å². The normalized spacial score (nSPS) is 10.8. The van der Waals surface area contributed by atoms with Crippen LogP contribution in [-0.4, -0.2) is 16.7 Å². The van der Waals surface area contributed by atoms with E-state index in [1.54, 1.807) is 12.3 Å². The first-order chi connectivity index (χ1) is 6.63. The van der Waals surface area contributed by atoms with Crippen molar-refractivity contribution in [1.82, 2.24) is 4.98 Å². The average Bonchev–Trinajstić information content (AvgIpc) is 2.62. The Hall–Kier alpha value is -1.74. The fourth-order valence-corrected chi connectivity index (χ4v) is 1.35. The van der Waals surface area contributed by atoms with Crippen molar-refractivity contribution < 1.29 is 9.63 Å². The van der Waals surface area contributed by atoms with Crippen molar-refractivity contribution >= 4 is 23.0 Å². The number of carbonyl (C=O) groups is 1. The summed E-state index contributed by atoms with van der Waals surface area (Å²) in [5, 5.41) is 14.3. The van der Waals surface area contributed by atoms with Gasteiger partial charge >= 0.3 is 5.97 Å². The van der Waals surface area contributed by atoms with Crippen LogP contribution in [0.15, 0.2) is 10.5 Å². The molecule has 6 heteroatoms. The van der Waals surface area contributed by atoms with Crippen LogP contribution in [0.25, 0.3) is 0 Å². The van der Waals surface area contributed by atoms with Crippen LogP contribution in [0.3, 0.4) is 0 Å². The molecule has 0 saturated carbocycles. The molecule has 0 amide bonds. The molecule has 1 heterocycles. The van der Waals surface area contributed by atoms with E-state index < -0.39 is 5.97 Å². The van der Waals surface area contributed by atoms with Gasteiger partial charge in [-0.1, -0.05) is 5.16 Å². The van der Waals surface area contributed by atoms with Crippen LogP contribution in [0, 0.1) is 11.3 Å². The van der Waals surface area contributed by atoms with Gasteiger partial charge in [0.15, 0.2) is 5.69 Å². The summed E-state index contributed by atoms with van der Waals surface area (Å²) in [7, 11) is 0. The molecule has 0 radical (unpaired) electrons. The zero-order valence-corrected chi connectivity index (χ0v) is 8.46. The molecular formula is C8H7N3O2S. The molecule has 0 spiro atoms. The molecule has 1 rings (SSSR count). The van der Waals surface area contributed by atoms with Crippen LogP contribution in [0.1, 0.15) is 24.5 Å². The monoisotopic (exact) mass is 209 g/mol. The highest BCUT2D eigenvalue weighted by Gasteiger charge is 2.05. The molecule has 0 N–H and O–H groups in total. The Labute approximate surface area is 84.6 Å². The summed E-state index contributed by atoms with van der Waals surface area (Å²) >= 11 is 1.28. The summed E-state index contributed by atoms with van der Waals surface area (Å²) in [6.07, 6.45) is 0. The van der Waals surface area contributed by atoms with Gasteiger partial charge in [-0.2, -0.15) is 5.26 Å². The van der Waals surface area contributed by atoms with Gasteiger partial charge in [-0.3, -0.25) is 0 Å². The number of rotatable bonds is 2. The number of nitrogens with zero attached hydrogens (tertiary/aromatic N) is 3. The first-order valence-electron chi connectivity index (χ1n) is 3.71. The third kappa shape index (κ3) is 2.64. The molecule has 1 aromatic heterocycles. The van der Waals surface area contributed by atoms with E-state index in [1.807, 2.05) is 6.07 Å². The molecule has 0 aromatic carbocycles. The van der Waals surface area contributed by atoms with Crippen LogP contribution >= 0.6 is 11.3 Å². The standard InChI is InChI=1S/C8H7N3O2S/c1-5(11-13-6(2)12)8-10-7(3-9)4-14-8/h4H,1-2H3/b11-5+. The quantitative estimate of drug-likeness (QED) is 0.418. The maximum absolute atomic E-state index is 10.4. The molecule has 72 valence electrons. The average molecular weight is 209 g/mol. The third-order valence-corrected chi connectivity index (χ3v) is 2.19. The van der Waals surface area contributed by atoms with Crippen LogP contribution in [-0.2, 0) is 9.63 Å². The van der Waals surface area contributed by atoms with Gasteiger partial charge < -0.3 is 4.84 Å². The first kappa shape index (κ1) is 10.3. The Balaban J connectivity index is 2.79. The second-order valence-electron chi connectivity index (χ2n) is 2.41. The van der Waals surface area contributed by atoms with E-state index in [9.17, 15) is 4.79 Å². The minimum atomic E-state index is -0.485. The van der Waals surface area contributed by atoms with Crippen LogP contribution in [0.2, 0.25) is 0 Å².